The Kier molecular flexibility index (Phi) is 10.9. The van der Waals surface area contributed by atoms with Gasteiger partial charge in [0.1, 0.15) is 0 Å². The number of carbonyl (C=O) groups is 1. The van der Waals surface area contributed by atoms with Gasteiger partial charge < -0.3 is 11.1 Å². The first-order chi connectivity index (χ1) is 9.54. The van der Waals surface area contributed by atoms with Crippen LogP contribution in [0.1, 0.15) is 50.6 Å². The molecule has 1 rings (SSSR count). The van der Waals surface area contributed by atoms with Gasteiger partial charge in [-0.1, -0.05) is 42.1 Å². The Morgan fingerprint density at radius 3 is 2.52 bits per heavy atom. The molecule has 1 aromatic rings. The number of rotatable bonds is 8. The summed E-state index contributed by atoms with van der Waals surface area (Å²) in [6, 6.07) is 5.19. The number of hydrogen-bond donors (Lipinski definition) is 2. The summed E-state index contributed by atoms with van der Waals surface area (Å²) in [6.07, 6.45) is 4.59. The van der Waals surface area contributed by atoms with Gasteiger partial charge in [-0.3, -0.25) is 4.79 Å². The quantitative estimate of drug-likeness (QED) is 0.676. The van der Waals surface area contributed by atoms with Crippen LogP contribution in [0.4, 0.5) is 0 Å². The molecular formula is C15H23Cl3N2O. The summed E-state index contributed by atoms with van der Waals surface area (Å²) in [4.78, 5) is 11.8. The fourth-order valence-electron chi connectivity index (χ4n) is 2.03. The molecule has 0 spiro atoms. The number of unbranched alkanes of at least 4 members (excludes halogenated alkanes) is 3. The third-order valence-corrected chi connectivity index (χ3v) is 3.73. The number of benzene rings is 1. The summed E-state index contributed by atoms with van der Waals surface area (Å²) in [5.74, 6) is 0.0521. The Balaban J connectivity index is 0.00000400. The normalized spacial score (nSPS) is 11.6. The summed E-state index contributed by atoms with van der Waals surface area (Å²) in [7, 11) is 0. The molecule has 0 aromatic heterocycles. The van der Waals surface area contributed by atoms with Crippen molar-refractivity contribution in [1.82, 2.24) is 5.32 Å². The first-order valence-corrected chi connectivity index (χ1v) is 7.74. The Morgan fingerprint density at radius 2 is 1.90 bits per heavy atom. The second-order valence-electron chi connectivity index (χ2n) is 4.91. The lowest BCUT2D eigenvalue weighted by atomic mass is 10.1. The van der Waals surface area contributed by atoms with Crippen LogP contribution in [-0.4, -0.2) is 12.5 Å². The predicted octanol–water partition coefficient (Wildman–Crippen LogP) is 4.50. The molecule has 120 valence electrons. The molecule has 1 aromatic carbocycles. The summed E-state index contributed by atoms with van der Waals surface area (Å²) in [5.41, 5.74) is 6.31. The Morgan fingerprint density at radius 1 is 1.24 bits per heavy atom. The summed E-state index contributed by atoms with van der Waals surface area (Å²) in [5, 5.41) is 4.13. The Labute approximate surface area is 143 Å². The van der Waals surface area contributed by atoms with Crippen molar-refractivity contribution in [2.45, 2.75) is 45.1 Å². The SMILES string of the molecule is CC(NC(=O)CCCCCCN)c1ccc(Cl)cc1Cl.Cl. The van der Waals surface area contributed by atoms with Gasteiger partial charge in [-0.2, -0.15) is 0 Å². The maximum atomic E-state index is 11.8. The minimum atomic E-state index is -0.115. The molecule has 0 aliphatic heterocycles. The first kappa shape index (κ1) is 20.5. The molecule has 0 saturated carbocycles. The van der Waals surface area contributed by atoms with Gasteiger partial charge in [-0.05, 0) is 44.0 Å². The number of carbonyl (C=O) groups excluding carboxylic acids is 1. The number of halogens is 3. The minimum absolute atomic E-state index is 0. The van der Waals surface area contributed by atoms with E-state index in [2.05, 4.69) is 5.32 Å². The van der Waals surface area contributed by atoms with Crippen molar-refractivity contribution in [2.24, 2.45) is 5.73 Å². The van der Waals surface area contributed by atoms with E-state index in [1.165, 1.54) is 0 Å². The molecule has 3 N–H and O–H groups in total. The van der Waals surface area contributed by atoms with Gasteiger partial charge >= 0.3 is 0 Å². The second kappa shape index (κ2) is 11.1. The minimum Gasteiger partial charge on any atom is -0.350 e. The summed E-state index contributed by atoms with van der Waals surface area (Å²) < 4.78 is 0. The van der Waals surface area contributed by atoms with Crippen molar-refractivity contribution in [2.75, 3.05) is 6.54 Å². The Bertz CT molecular complexity index is 441. The molecule has 0 fully saturated rings. The number of nitrogens with one attached hydrogen (secondary N) is 1. The van der Waals surface area contributed by atoms with Gasteiger partial charge in [0.05, 0.1) is 6.04 Å². The standard InChI is InChI=1S/C15H22Cl2N2O.ClH/c1-11(13-8-7-12(16)10-14(13)17)19-15(20)6-4-2-3-5-9-18;/h7-8,10-11H,2-6,9,18H2,1H3,(H,19,20);1H. The van der Waals surface area contributed by atoms with Crippen LogP contribution in [-0.2, 0) is 4.79 Å². The van der Waals surface area contributed by atoms with Crippen LogP contribution in [0.2, 0.25) is 10.0 Å². The lowest BCUT2D eigenvalue weighted by Gasteiger charge is -2.16. The molecule has 1 atom stereocenters. The molecular weight excluding hydrogens is 331 g/mol. The van der Waals surface area contributed by atoms with Crippen LogP contribution < -0.4 is 11.1 Å². The highest BCUT2D eigenvalue weighted by Gasteiger charge is 2.12. The molecule has 0 aliphatic carbocycles. The number of hydrogen-bond acceptors (Lipinski definition) is 2. The third kappa shape index (κ3) is 7.91. The first-order valence-electron chi connectivity index (χ1n) is 6.99. The van der Waals surface area contributed by atoms with Crippen LogP contribution in [0, 0.1) is 0 Å². The molecule has 6 heteroatoms. The largest absolute Gasteiger partial charge is 0.350 e. The van der Waals surface area contributed by atoms with E-state index in [1.54, 1.807) is 12.1 Å². The zero-order valence-corrected chi connectivity index (χ0v) is 14.5. The number of nitrogens with two attached hydrogens (primary N) is 1. The van der Waals surface area contributed by atoms with Crippen LogP contribution in [0.15, 0.2) is 18.2 Å². The fourth-order valence-corrected chi connectivity index (χ4v) is 2.60. The molecule has 21 heavy (non-hydrogen) atoms. The Hall–Kier alpha value is -0.480. The highest BCUT2D eigenvalue weighted by atomic mass is 35.5. The molecule has 3 nitrogen and oxygen atoms in total. The molecule has 1 unspecified atom stereocenters. The molecule has 0 bridgehead atoms. The molecule has 1 amide bonds. The molecule has 0 aliphatic rings. The summed E-state index contributed by atoms with van der Waals surface area (Å²) >= 11 is 12.0. The maximum Gasteiger partial charge on any atom is 0.220 e. The van der Waals surface area contributed by atoms with Crippen LogP contribution >= 0.6 is 35.6 Å². The average molecular weight is 354 g/mol. The monoisotopic (exact) mass is 352 g/mol. The topological polar surface area (TPSA) is 55.1 Å². The van der Waals surface area contributed by atoms with Crippen LogP contribution in [0.5, 0.6) is 0 Å². The van der Waals surface area contributed by atoms with E-state index in [1.807, 2.05) is 13.0 Å². The zero-order valence-electron chi connectivity index (χ0n) is 12.2. The van der Waals surface area contributed by atoms with E-state index in [0.29, 0.717) is 16.5 Å². The van der Waals surface area contributed by atoms with E-state index < -0.39 is 0 Å². The number of amides is 1. The van der Waals surface area contributed by atoms with Crippen molar-refractivity contribution >= 4 is 41.5 Å². The van der Waals surface area contributed by atoms with Gasteiger partial charge in [0.2, 0.25) is 5.91 Å². The molecule has 0 radical (unpaired) electrons. The molecule has 0 saturated heterocycles. The predicted molar refractivity (Wildman–Crippen MR) is 92.4 cm³/mol. The highest BCUT2D eigenvalue weighted by Crippen LogP contribution is 2.26. The second-order valence-corrected chi connectivity index (χ2v) is 5.75. The van der Waals surface area contributed by atoms with Crippen molar-refractivity contribution < 1.29 is 4.79 Å². The van der Waals surface area contributed by atoms with Crippen molar-refractivity contribution in [3.8, 4) is 0 Å². The molecule has 0 heterocycles. The van der Waals surface area contributed by atoms with Gasteiger partial charge in [-0.15, -0.1) is 12.4 Å². The van der Waals surface area contributed by atoms with E-state index in [0.717, 1.165) is 37.8 Å². The van der Waals surface area contributed by atoms with Gasteiger partial charge in [0.25, 0.3) is 0 Å². The van der Waals surface area contributed by atoms with Crippen molar-refractivity contribution in [1.29, 1.82) is 0 Å². The zero-order chi connectivity index (χ0) is 15.0. The van der Waals surface area contributed by atoms with Gasteiger partial charge in [-0.25, -0.2) is 0 Å². The maximum absolute atomic E-state index is 11.8. The van der Waals surface area contributed by atoms with E-state index in [-0.39, 0.29) is 24.4 Å². The lowest BCUT2D eigenvalue weighted by Crippen LogP contribution is -2.26. The highest BCUT2D eigenvalue weighted by molar-refractivity contribution is 6.35. The van der Waals surface area contributed by atoms with Gasteiger partial charge in [0, 0.05) is 16.5 Å². The smallest absolute Gasteiger partial charge is 0.220 e. The summed E-state index contributed by atoms with van der Waals surface area (Å²) in [6.45, 7) is 2.64. The van der Waals surface area contributed by atoms with Crippen LogP contribution in [0.25, 0.3) is 0 Å². The van der Waals surface area contributed by atoms with E-state index >= 15 is 0 Å². The van der Waals surface area contributed by atoms with E-state index in [9.17, 15) is 4.79 Å². The van der Waals surface area contributed by atoms with Crippen molar-refractivity contribution in [3.63, 3.8) is 0 Å². The van der Waals surface area contributed by atoms with Crippen molar-refractivity contribution in [3.05, 3.63) is 33.8 Å². The third-order valence-electron chi connectivity index (χ3n) is 3.16. The average Bonchev–Trinajstić information content (AvgIpc) is 2.38. The lowest BCUT2D eigenvalue weighted by molar-refractivity contribution is -0.121. The van der Waals surface area contributed by atoms with Crippen LogP contribution in [0.3, 0.4) is 0 Å². The van der Waals surface area contributed by atoms with E-state index in [4.69, 9.17) is 28.9 Å². The van der Waals surface area contributed by atoms with Gasteiger partial charge in [0.15, 0.2) is 0 Å². The fraction of sp³-hybridized carbons (Fsp3) is 0.533.